The Morgan fingerprint density at radius 2 is 1.96 bits per heavy atom. The molecule has 2 aromatic carbocycles. The second-order valence-corrected chi connectivity index (χ2v) is 6.23. The van der Waals surface area contributed by atoms with Gasteiger partial charge in [-0.3, -0.25) is 0 Å². The Morgan fingerprint density at radius 1 is 1.15 bits per heavy atom. The number of aryl methyl sites for hydroxylation is 1. The van der Waals surface area contributed by atoms with Crippen LogP contribution in [0.15, 0.2) is 42.6 Å². The predicted octanol–water partition coefficient (Wildman–Crippen LogP) is 4.39. The van der Waals surface area contributed by atoms with Crippen LogP contribution in [-0.4, -0.2) is 21.8 Å². The number of aromatic hydroxyl groups is 1. The molecule has 8 heteroatoms. The van der Waals surface area contributed by atoms with E-state index >= 15 is 0 Å². The zero-order valence-electron chi connectivity index (χ0n) is 13.9. The molecular formula is C18H16ClN5O2. The minimum Gasteiger partial charge on any atom is -0.506 e. The molecule has 0 bridgehead atoms. The smallest absolute Gasteiger partial charge is 0.229 e. The highest BCUT2D eigenvalue weighted by Gasteiger charge is 2.12. The van der Waals surface area contributed by atoms with Crippen molar-refractivity contribution in [3.05, 3.63) is 53.2 Å². The van der Waals surface area contributed by atoms with Gasteiger partial charge in [0.2, 0.25) is 5.95 Å². The van der Waals surface area contributed by atoms with Crippen LogP contribution in [0.3, 0.4) is 0 Å². The summed E-state index contributed by atoms with van der Waals surface area (Å²) in [5.41, 5.74) is 3.42. The summed E-state index contributed by atoms with van der Waals surface area (Å²) in [5.74, 6) is 1.97. The van der Waals surface area contributed by atoms with Crippen LogP contribution < -0.4 is 20.7 Å². The van der Waals surface area contributed by atoms with Gasteiger partial charge in [0.05, 0.1) is 10.7 Å². The molecule has 1 aromatic heterocycles. The van der Waals surface area contributed by atoms with Crippen LogP contribution in [0.2, 0.25) is 5.02 Å². The van der Waals surface area contributed by atoms with Gasteiger partial charge in [0.25, 0.3) is 0 Å². The molecule has 1 aliphatic rings. The van der Waals surface area contributed by atoms with Crippen molar-refractivity contribution >= 4 is 40.4 Å². The van der Waals surface area contributed by atoms with Gasteiger partial charge >= 0.3 is 0 Å². The van der Waals surface area contributed by atoms with Crippen LogP contribution in [0, 0.1) is 6.92 Å². The van der Waals surface area contributed by atoms with E-state index < -0.39 is 0 Å². The predicted molar refractivity (Wildman–Crippen MR) is 102 cm³/mol. The summed E-state index contributed by atoms with van der Waals surface area (Å²) < 4.78 is 5.43. The lowest BCUT2D eigenvalue weighted by Gasteiger charge is -2.12. The average Bonchev–Trinajstić information content (AvgIpc) is 3.09. The van der Waals surface area contributed by atoms with E-state index in [1.807, 2.05) is 25.1 Å². The molecule has 0 amide bonds. The first kappa shape index (κ1) is 16.3. The molecule has 7 nitrogen and oxygen atoms in total. The number of nitrogens with zero attached hydrogens (tertiary/aromatic N) is 2. The molecule has 4 rings (SSSR count). The second kappa shape index (κ2) is 6.61. The van der Waals surface area contributed by atoms with E-state index in [2.05, 4.69) is 25.9 Å². The van der Waals surface area contributed by atoms with E-state index in [-0.39, 0.29) is 10.8 Å². The lowest BCUT2D eigenvalue weighted by molar-refractivity contribution is 0.372. The van der Waals surface area contributed by atoms with Crippen molar-refractivity contribution in [2.45, 2.75) is 6.92 Å². The summed E-state index contributed by atoms with van der Waals surface area (Å²) in [6.45, 7) is 2.41. The van der Waals surface area contributed by atoms with Crippen LogP contribution in [-0.2, 0) is 0 Å². The monoisotopic (exact) mass is 369 g/mol. The molecule has 2 heterocycles. The number of phenolic OH excluding ortho intramolecular Hbond substituents is 1. The molecule has 0 fully saturated rings. The Labute approximate surface area is 155 Å². The quantitative estimate of drug-likeness (QED) is 0.507. The molecule has 0 saturated heterocycles. The van der Waals surface area contributed by atoms with Crippen LogP contribution in [0.25, 0.3) is 0 Å². The largest absolute Gasteiger partial charge is 0.506 e. The third-order valence-electron chi connectivity index (χ3n) is 3.91. The van der Waals surface area contributed by atoms with Crippen LogP contribution in [0.1, 0.15) is 5.56 Å². The normalized spacial score (nSPS) is 12.1. The van der Waals surface area contributed by atoms with Crippen molar-refractivity contribution in [3.63, 3.8) is 0 Å². The van der Waals surface area contributed by atoms with E-state index in [0.29, 0.717) is 24.2 Å². The van der Waals surface area contributed by atoms with Crippen LogP contribution in [0.5, 0.6) is 11.5 Å². The first-order chi connectivity index (χ1) is 12.6. The number of benzene rings is 2. The molecule has 1 aliphatic heterocycles. The van der Waals surface area contributed by atoms with Crippen molar-refractivity contribution in [2.75, 3.05) is 22.7 Å². The average molecular weight is 370 g/mol. The van der Waals surface area contributed by atoms with Gasteiger partial charge in [0.1, 0.15) is 17.3 Å². The van der Waals surface area contributed by atoms with Gasteiger partial charge in [0.15, 0.2) is 6.73 Å². The van der Waals surface area contributed by atoms with Gasteiger partial charge in [-0.1, -0.05) is 11.6 Å². The minimum absolute atomic E-state index is 0.0265. The SMILES string of the molecule is Cc1cnc(Nc2ccc(O)c(Cl)c2)nc1Nc1ccc2c(c1)NCO2. The molecule has 0 aliphatic carbocycles. The van der Waals surface area contributed by atoms with E-state index in [0.717, 1.165) is 22.7 Å². The van der Waals surface area contributed by atoms with Crippen LogP contribution in [0.4, 0.5) is 28.8 Å². The minimum atomic E-state index is 0.0265. The van der Waals surface area contributed by atoms with Crippen molar-refractivity contribution in [2.24, 2.45) is 0 Å². The Bertz CT molecular complexity index is 980. The van der Waals surface area contributed by atoms with Gasteiger partial charge in [-0.05, 0) is 43.3 Å². The number of hydrogen-bond donors (Lipinski definition) is 4. The number of aromatic nitrogens is 2. The van der Waals surface area contributed by atoms with E-state index in [1.165, 1.54) is 6.07 Å². The summed E-state index contributed by atoms with van der Waals surface area (Å²) >= 11 is 5.93. The molecule has 3 aromatic rings. The zero-order chi connectivity index (χ0) is 18.1. The lowest BCUT2D eigenvalue weighted by atomic mass is 10.2. The highest BCUT2D eigenvalue weighted by atomic mass is 35.5. The van der Waals surface area contributed by atoms with E-state index in [4.69, 9.17) is 16.3 Å². The molecule has 132 valence electrons. The Morgan fingerprint density at radius 3 is 2.81 bits per heavy atom. The molecule has 4 N–H and O–H groups in total. The Kier molecular flexibility index (Phi) is 4.14. The van der Waals surface area contributed by atoms with Crippen molar-refractivity contribution in [1.29, 1.82) is 0 Å². The van der Waals surface area contributed by atoms with Crippen molar-refractivity contribution in [1.82, 2.24) is 9.97 Å². The van der Waals surface area contributed by atoms with Crippen molar-refractivity contribution in [3.8, 4) is 11.5 Å². The van der Waals surface area contributed by atoms with Gasteiger partial charge in [0, 0.05) is 23.1 Å². The van der Waals surface area contributed by atoms with Gasteiger partial charge in [-0.25, -0.2) is 4.98 Å². The van der Waals surface area contributed by atoms with E-state index in [9.17, 15) is 5.11 Å². The first-order valence-electron chi connectivity index (χ1n) is 7.95. The maximum Gasteiger partial charge on any atom is 0.229 e. The molecule has 0 saturated carbocycles. The number of anilines is 5. The number of halogens is 1. The third kappa shape index (κ3) is 3.29. The molecule has 0 atom stereocenters. The van der Waals surface area contributed by atoms with Crippen LogP contribution >= 0.6 is 11.6 Å². The number of ether oxygens (including phenoxy) is 1. The number of rotatable bonds is 4. The van der Waals surface area contributed by atoms with Gasteiger partial charge in [-0.2, -0.15) is 4.98 Å². The maximum absolute atomic E-state index is 9.51. The Hall–Kier alpha value is -3.19. The molecule has 0 radical (unpaired) electrons. The number of phenols is 1. The molecule has 0 spiro atoms. The summed E-state index contributed by atoms with van der Waals surface area (Å²) in [7, 11) is 0. The fourth-order valence-electron chi connectivity index (χ4n) is 2.54. The van der Waals surface area contributed by atoms with Crippen molar-refractivity contribution < 1.29 is 9.84 Å². The molecule has 0 unspecified atom stereocenters. The highest BCUT2D eigenvalue weighted by Crippen LogP contribution is 2.33. The summed E-state index contributed by atoms with van der Waals surface area (Å²) in [6, 6.07) is 10.6. The topological polar surface area (TPSA) is 91.3 Å². The zero-order valence-corrected chi connectivity index (χ0v) is 14.6. The Balaban J connectivity index is 1.57. The summed E-state index contributed by atoms with van der Waals surface area (Å²) in [4.78, 5) is 8.80. The van der Waals surface area contributed by atoms with E-state index in [1.54, 1.807) is 18.3 Å². The standard InChI is InChI=1S/C18H16ClN5O2/c1-10-8-20-18(23-11-2-4-15(25)13(19)6-11)24-17(10)22-12-3-5-16-14(7-12)21-9-26-16/h2-8,21,25H,9H2,1H3,(H2,20,22,23,24). The first-order valence-corrected chi connectivity index (χ1v) is 8.33. The fourth-order valence-corrected chi connectivity index (χ4v) is 2.72. The highest BCUT2D eigenvalue weighted by molar-refractivity contribution is 6.32. The summed E-state index contributed by atoms with van der Waals surface area (Å²) in [5, 5.41) is 19.3. The lowest BCUT2D eigenvalue weighted by Crippen LogP contribution is -2.03. The molecule has 26 heavy (non-hydrogen) atoms. The third-order valence-corrected chi connectivity index (χ3v) is 4.21. The summed E-state index contributed by atoms with van der Waals surface area (Å²) in [6.07, 6.45) is 1.73. The van der Waals surface area contributed by atoms with Gasteiger partial charge in [-0.15, -0.1) is 0 Å². The second-order valence-electron chi connectivity index (χ2n) is 5.82. The fraction of sp³-hybridized carbons (Fsp3) is 0.111. The number of fused-ring (bicyclic) bond motifs is 1. The molecular weight excluding hydrogens is 354 g/mol. The number of nitrogens with one attached hydrogen (secondary N) is 3. The number of hydrogen-bond acceptors (Lipinski definition) is 7. The maximum atomic E-state index is 9.51. The van der Waals surface area contributed by atoms with Gasteiger partial charge < -0.3 is 25.8 Å².